The molecular weight excluding hydrogens is 398 g/mol. The van der Waals surface area contributed by atoms with E-state index in [-0.39, 0.29) is 30.2 Å². The van der Waals surface area contributed by atoms with Crippen LogP contribution in [0.3, 0.4) is 0 Å². The Morgan fingerprint density at radius 1 is 1.10 bits per heavy atom. The average molecular weight is 426 g/mol. The molecule has 6 heteroatoms. The summed E-state index contributed by atoms with van der Waals surface area (Å²) < 4.78 is 11.2. The highest BCUT2D eigenvalue weighted by Gasteiger charge is 2.35. The Balaban J connectivity index is 1.73. The Kier molecular flexibility index (Phi) is 6.87. The van der Waals surface area contributed by atoms with Gasteiger partial charge in [-0.1, -0.05) is 31.5 Å². The molecular formula is C24H27NO4S. The first-order chi connectivity index (χ1) is 14.3. The van der Waals surface area contributed by atoms with Gasteiger partial charge in [0, 0.05) is 0 Å². The molecule has 0 aromatic heterocycles. The Morgan fingerprint density at radius 2 is 1.80 bits per heavy atom. The Morgan fingerprint density at radius 3 is 2.43 bits per heavy atom. The number of hydrogen-bond donors (Lipinski definition) is 0. The van der Waals surface area contributed by atoms with Crippen LogP contribution in [0.15, 0.2) is 41.3 Å². The summed E-state index contributed by atoms with van der Waals surface area (Å²) in [7, 11) is 1.66. The highest BCUT2D eigenvalue weighted by molar-refractivity contribution is 8.18. The fourth-order valence-electron chi connectivity index (χ4n) is 3.22. The number of ether oxygens (including phenoxy) is 2. The van der Waals surface area contributed by atoms with Crippen molar-refractivity contribution in [2.45, 2.75) is 33.6 Å². The van der Waals surface area contributed by atoms with Gasteiger partial charge in [0.2, 0.25) is 0 Å². The second kappa shape index (κ2) is 9.39. The number of hydrogen-bond acceptors (Lipinski definition) is 5. The molecule has 30 heavy (non-hydrogen) atoms. The van der Waals surface area contributed by atoms with Gasteiger partial charge in [-0.3, -0.25) is 14.5 Å². The quantitative estimate of drug-likeness (QED) is 0.544. The number of carbonyl (C=O) groups is 2. The van der Waals surface area contributed by atoms with E-state index >= 15 is 0 Å². The van der Waals surface area contributed by atoms with Gasteiger partial charge in [0.05, 0.1) is 18.6 Å². The van der Waals surface area contributed by atoms with Crippen LogP contribution in [-0.2, 0) is 4.79 Å². The molecule has 0 radical (unpaired) electrons. The van der Waals surface area contributed by atoms with Crippen LogP contribution < -0.4 is 9.47 Å². The van der Waals surface area contributed by atoms with Gasteiger partial charge in [-0.05, 0) is 78.6 Å². The minimum atomic E-state index is -0.279. The normalized spacial score (nSPS) is 15.4. The van der Waals surface area contributed by atoms with Crippen molar-refractivity contribution in [2.75, 3.05) is 20.3 Å². The predicted molar refractivity (Wildman–Crippen MR) is 121 cm³/mol. The Hall–Kier alpha value is -2.73. The van der Waals surface area contributed by atoms with E-state index in [1.807, 2.05) is 50.2 Å². The molecule has 1 saturated heterocycles. The number of imide groups is 1. The van der Waals surface area contributed by atoms with Crippen LogP contribution in [0.4, 0.5) is 4.79 Å². The van der Waals surface area contributed by atoms with Gasteiger partial charge in [-0.15, -0.1) is 0 Å². The van der Waals surface area contributed by atoms with Crippen molar-refractivity contribution < 1.29 is 19.1 Å². The van der Waals surface area contributed by atoms with Crippen molar-refractivity contribution in [1.29, 1.82) is 0 Å². The summed E-state index contributed by atoms with van der Waals surface area (Å²) in [5, 5.41) is -0.269. The molecule has 0 N–H and O–H groups in total. The van der Waals surface area contributed by atoms with Gasteiger partial charge in [0.25, 0.3) is 11.1 Å². The van der Waals surface area contributed by atoms with Crippen molar-refractivity contribution in [3.8, 4) is 11.5 Å². The zero-order valence-corrected chi connectivity index (χ0v) is 18.8. The van der Waals surface area contributed by atoms with Crippen LogP contribution in [0.1, 0.15) is 42.0 Å². The van der Waals surface area contributed by atoms with Gasteiger partial charge < -0.3 is 9.47 Å². The number of amides is 2. The van der Waals surface area contributed by atoms with Gasteiger partial charge >= 0.3 is 0 Å². The number of thioether (sulfide) groups is 1. The van der Waals surface area contributed by atoms with E-state index in [0.29, 0.717) is 4.91 Å². The van der Waals surface area contributed by atoms with Crippen LogP contribution in [0.5, 0.6) is 11.5 Å². The van der Waals surface area contributed by atoms with E-state index in [4.69, 9.17) is 9.47 Å². The Labute approximate surface area is 182 Å². The minimum absolute atomic E-state index is 0.217. The lowest BCUT2D eigenvalue weighted by Gasteiger charge is -2.15. The van der Waals surface area contributed by atoms with Gasteiger partial charge in [0.1, 0.15) is 18.1 Å². The van der Waals surface area contributed by atoms with Crippen LogP contribution in [-0.4, -0.2) is 36.3 Å². The average Bonchev–Trinajstić information content (AvgIpc) is 2.97. The van der Waals surface area contributed by atoms with Crippen LogP contribution >= 0.6 is 11.8 Å². The summed E-state index contributed by atoms with van der Waals surface area (Å²) in [6.45, 7) is 8.64. The summed E-state index contributed by atoms with van der Waals surface area (Å²) in [5.74, 6) is 1.56. The van der Waals surface area contributed by atoms with E-state index in [9.17, 15) is 9.59 Å². The predicted octanol–water partition coefficient (Wildman–Crippen LogP) is 5.55. The lowest BCUT2D eigenvalue weighted by molar-refractivity contribution is -0.123. The second-order valence-electron chi connectivity index (χ2n) is 7.60. The third-order valence-corrected chi connectivity index (χ3v) is 5.91. The van der Waals surface area contributed by atoms with Gasteiger partial charge in [0.15, 0.2) is 0 Å². The van der Waals surface area contributed by atoms with Crippen molar-refractivity contribution in [3.63, 3.8) is 0 Å². The van der Waals surface area contributed by atoms with E-state index in [0.717, 1.165) is 45.5 Å². The number of methoxy groups -OCH3 is 1. The zero-order chi connectivity index (χ0) is 21.8. The largest absolute Gasteiger partial charge is 0.496 e. The molecule has 2 amide bonds. The van der Waals surface area contributed by atoms with Crippen molar-refractivity contribution >= 4 is 29.0 Å². The molecule has 0 unspecified atom stereocenters. The van der Waals surface area contributed by atoms with E-state index in [1.165, 1.54) is 4.90 Å². The molecule has 0 bridgehead atoms. The lowest BCUT2D eigenvalue weighted by atomic mass is 9.96. The first kappa shape index (κ1) is 22.0. The van der Waals surface area contributed by atoms with Crippen LogP contribution in [0.25, 0.3) is 6.08 Å². The van der Waals surface area contributed by atoms with Crippen molar-refractivity contribution in [1.82, 2.24) is 4.90 Å². The van der Waals surface area contributed by atoms with Gasteiger partial charge in [-0.25, -0.2) is 0 Å². The SMILES string of the molecule is COc1cc(C)c(/C=C2\SC(=O)N(CCOc3ccc(C)cc3)C2=O)cc1C(C)C. The number of benzene rings is 2. The van der Waals surface area contributed by atoms with Crippen molar-refractivity contribution in [3.05, 3.63) is 63.6 Å². The lowest BCUT2D eigenvalue weighted by Crippen LogP contribution is -2.32. The maximum Gasteiger partial charge on any atom is 0.293 e. The monoisotopic (exact) mass is 425 g/mol. The first-order valence-electron chi connectivity index (χ1n) is 9.93. The van der Waals surface area contributed by atoms with E-state index in [2.05, 4.69) is 13.8 Å². The molecule has 3 rings (SSSR count). The molecule has 2 aromatic rings. The third-order valence-electron chi connectivity index (χ3n) is 5.01. The summed E-state index contributed by atoms with van der Waals surface area (Å²) >= 11 is 0.969. The smallest absolute Gasteiger partial charge is 0.293 e. The highest BCUT2D eigenvalue weighted by Crippen LogP contribution is 2.35. The number of rotatable bonds is 7. The number of aryl methyl sites for hydroxylation is 2. The summed E-state index contributed by atoms with van der Waals surface area (Å²) in [6, 6.07) is 11.7. The van der Waals surface area contributed by atoms with Crippen molar-refractivity contribution in [2.24, 2.45) is 0 Å². The molecule has 1 fully saturated rings. The third kappa shape index (κ3) is 4.87. The highest BCUT2D eigenvalue weighted by atomic mass is 32.2. The maximum absolute atomic E-state index is 12.8. The molecule has 2 aromatic carbocycles. The molecule has 5 nitrogen and oxygen atoms in total. The summed E-state index contributed by atoms with van der Waals surface area (Å²) in [6.07, 6.45) is 1.80. The Bertz CT molecular complexity index is 979. The summed E-state index contributed by atoms with van der Waals surface area (Å²) in [5.41, 5.74) is 4.12. The molecule has 0 aliphatic carbocycles. The fourth-order valence-corrected chi connectivity index (χ4v) is 4.08. The van der Waals surface area contributed by atoms with Gasteiger partial charge in [-0.2, -0.15) is 0 Å². The molecule has 158 valence electrons. The number of carbonyl (C=O) groups excluding carboxylic acids is 2. The molecule has 1 heterocycles. The molecule has 1 aliphatic rings. The standard InChI is InChI=1S/C24H27NO4S/c1-15(2)20-13-18(17(4)12-21(20)28-5)14-22-23(26)25(24(27)30-22)10-11-29-19-8-6-16(3)7-9-19/h6-9,12-15H,10-11H2,1-5H3/b22-14-. The van der Waals surface area contributed by atoms with Crippen LogP contribution in [0.2, 0.25) is 0 Å². The van der Waals surface area contributed by atoms with E-state index in [1.54, 1.807) is 13.2 Å². The summed E-state index contributed by atoms with van der Waals surface area (Å²) in [4.78, 5) is 26.9. The molecule has 0 spiro atoms. The fraction of sp³-hybridized carbons (Fsp3) is 0.333. The topological polar surface area (TPSA) is 55.8 Å². The minimum Gasteiger partial charge on any atom is -0.496 e. The zero-order valence-electron chi connectivity index (χ0n) is 18.0. The number of nitrogens with zero attached hydrogens (tertiary/aromatic N) is 1. The molecule has 1 aliphatic heterocycles. The maximum atomic E-state index is 12.8. The molecule has 0 saturated carbocycles. The van der Waals surface area contributed by atoms with Crippen LogP contribution in [0, 0.1) is 13.8 Å². The first-order valence-corrected chi connectivity index (χ1v) is 10.7. The van der Waals surface area contributed by atoms with E-state index < -0.39 is 0 Å². The second-order valence-corrected chi connectivity index (χ2v) is 8.59. The molecule has 0 atom stereocenters.